The number of hydrogen-bond donors (Lipinski definition) is 0. The topological polar surface area (TPSA) is 61.0 Å². The van der Waals surface area contributed by atoms with Gasteiger partial charge in [-0.05, 0) is 31.2 Å². The number of aryl methyl sites for hydroxylation is 2. The van der Waals surface area contributed by atoms with Crippen LogP contribution in [0.3, 0.4) is 0 Å². The van der Waals surface area contributed by atoms with Gasteiger partial charge in [0, 0.05) is 18.1 Å². The van der Waals surface area contributed by atoms with E-state index in [9.17, 15) is 0 Å². The van der Waals surface area contributed by atoms with Gasteiger partial charge < -0.3 is 9.15 Å². The number of aromatic nitrogens is 3. The Hall–Kier alpha value is -2.22. The molecule has 0 fully saturated rings. The predicted octanol–water partition coefficient (Wildman–Crippen LogP) is 5.26. The van der Waals surface area contributed by atoms with Gasteiger partial charge in [-0.1, -0.05) is 30.3 Å². The van der Waals surface area contributed by atoms with Crippen LogP contribution in [-0.2, 0) is 11.3 Å². The van der Waals surface area contributed by atoms with Crippen LogP contribution in [0.15, 0.2) is 50.4 Å². The standard InChI is InChI=1S/C19H17N3O2S2/c1-11-12(2)24-19(20-11)26-18-16-14(13-7-5-4-6-8-13)10-25-17(16)21-15(22-18)9-23-3/h4-8,10H,9H2,1-3H3. The SMILES string of the molecule is COCc1nc(Sc2nc(C)c(C)o2)c2c(-c3ccccc3)csc2n1. The van der Waals surface area contributed by atoms with Crippen LogP contribution in [0.1, 0.15) is 17.3 Å². The molecule has 3 aromatic heterocycles. The molecule has 0 saturated heterocycles. The molecule has 0 radical (unpaired) electrons. The molecular formula is C19H17N3O2S2. The van der Waals surface area contributed by atoms with Crippen molar-refractivity contribution in [2.75, 3.05) is 7.11 Å². The van der Waals surface area contributed by atoms with E-state index >= 15 is 0 Å². The van der Waals surface area contributed by atoms with Gasteiger partial charge in [-0.2, -0.15) is 0 Å². The summed E-state index contributed by atoms with van der Waals surface area (Å²) in [6.07, 6.45) is 0. The molecule has 0 atom stereocenters. The Labute approximate surface area is 159 Å². The Bertz CT molecular complexity index is 1040. The quantitative estimate of drug-likeness (QED) is 0.438. The summed E-state index contributed by atoms with van der Waals surface area (Å²) in [5, 5.41) is 4.58. The highest BCUT2D eigenvalue weighted by Gasteiger charge is 2.18. The molecule has 7 heteroatoms. The fraction of sp³-hybridized carbons (Fsp3) is 0.211. The van der Waals surface area contributed by atoms with Gasteiger partial charge in [0.1, 0.15) is 22.2 Å². The van der Waals surface area contributed by atoms with Gasteiger partial charge in [0.2, 0.25) is 0 Å². The number of benzene rings is 1. The van der Waals surface area contributed by atoms with Crippen molar-refractivity contribution in [1.29, 1.82) is 0 Å². The Morgan fingerprint density at radius 2 is 1.92 bits per heavy atom. The molecule has 0 saturated carbocycles. The van der Waals surface area contributed by atoms with Crippen LogP contribution in [0.4, 0.5) is 0 Å². The third-order valence-corrected chi connectivity index (χ3v) is 5.71. The van der Waals surface area contributed by atoms with E-state index in [0.29, 0.717) is 17.7 Å². The minimum Gasteiger partial charge on any atom is -0.436 e. The first kappa shape index (κ1) is 17.2. The summed E-state index contributed by atoms with van der Waals surface area (Å²) in [5.74, 6) is 1.48. The zero-order valence-corrected chi connectivity index (χ0v) is 16.3. The second kappa shape index (κ2) is 7.19. The number of nitrogens with zero attached hydrogens (tertiary/aromatic N) is 3. The summed E-state index contributed by atoms with van der Waals surface area (Å²) >= 11 is 3.04. The number of rotatable bonds is 5. The molecule has 0 aliphatic heterocycles. The highest BCUT2D eigenvalue weighted by molar-refractivity contribution is 7.99. The van der Waals surface area contributed by atoms with Crippen LogP contribution in [0, 0.1) is 13.8 Å². The largest absolute Gasteiger partial charge is 0.436 e. The van der Waals surface area contributed by atoms with Crippen molar-refractivity contribution in [3.63, 3.8) is 0 Å². The monoisotopic (exact) mass is 383 g/mol. The average Bonchev–Trinajstić information content (AvgIpc) is 3.19. The molecule has 3 heterocycles. The van der Waals surface area contributed by atoms with Crippen molar-refractivity contribution in [2.24, 2.45) is 0 Å². The number of methoxy groups -OCH3 is 1. The third kappa shape index (κ3) is 3.25. The number of fused-ring (bicyclic) bond motifs is 1. The normalized spacial score (nSPS) is 11.3. The second-order valence-corrected chi connectivity index (χ2v) is 7.60. The summed E-state index contributed by atoms with van der Waals surface area (Å²) in [6.45, 7) is 4.22. The Kier molecular flexibility index (Phi) is 4.76. The lowest BCUT2D eigenvalue weighted by atomic mass is 10.1. The molecule has 0 N–H and O–H groups in total. The van der Waals surface area contributed by atoms with Gasteiger partial charge in [0.05, 0.1) is 11.1 Å². The first-order chi connectivity index (χ1) is 12.7. The van der Waals surface area contributed by atoms with E-state index < -0.39 is 0 Å². The van der Waals surface area contributed by atoms with Gasteiger partial charge >= 0.3 is 0 Å². The zero-order valence-electron chi connectivity index (χ0n) is 14.6. The molecule has 26 heavy (non-hydrogen) atoms. The summed E-state index contributed by atoms with van der Waals surface area (Å²) < 4.78 is 11.0. The van der Waals surface area contributed by atoms with E-state index in [0.717, 1.165) is 37.8 Å². The van der Waals surface area contributed by atoms with Gasteiger partial charge in [0.15, 0.2) is 5.82 Å². The molecule has 4 aromatic rings. The summed E-state index contributed by atoms with van der Waals surface area (Å²) in [6, 6.07) is 10.3. The summed E-state index contributed by atoms with van der Waals surface area (Å²) in [7, 11) is 1.64. The lowest BCUT2D eigenvalue weighted by molar-refractivity contribution is 0.177. The van der Waals surface area contributed by atoms with Gasteiger partial charge in [-0.3, -0.25) is 0 Å². The fourth-order valence-corrected chi connectivity index (χ4v) is 4.62. The minimum atomic E-state index is 0.367. The molecule has 1 aromatic carbocycles. The smallest absolute Gasteiger partial charge is 0.262 e. The average molecular weight is 383 g/mol. The Balaban J connectivity index is 1.88. The lowest BCUT2D eigenvalue weighted by Gasteiger charge is -2.06. The first-order valence-electron chi connectivity index (χ1n) is 8.10. The van der Waals surface area contributed by atoms with Crippen LogP contribution in [0.25, 0.3) is 21.3 Å². The Morgan fingerprint density at radius 3 is 2.62 bits per heavy atom. The molecule has 0 aliphatic carbocycles. The molecule has 4 rings (SSSR count). The molecule has 0 unspecified atom stereocenters. The van der Waals surface area contributed by atoms with Crippen LogP contribution >= 0.6 is 23.1 Å². The highest BCUT2D eigenvalue weighted by atomic mass is 32.2. The second-order valence-electron chi connectivity index (χ2n) is 5.80. The molecular weight excluding hydrogens is 366 g/mol. The Morgan fingerprint density at radius 1 is 1.12 bits per heavy atom. The van der Waals surface area contributed by atoms with Crippen LogP contribution in [-0.4, -0.2) is 22.1 Å². The predicted molar refractivity (Wildman–Crippen MR) is 104 cm³/mol. The van der Waals surface area contributed by atoms with E-state index in [-0.39, 0.29) is 0 Å². The summed E-state index contributed by atoms with van der Waals surface area (Å²) in [4.78, 5) is 14.8. The maximum atomic E-state index is 5.75. The minimum absolute atomic E-state index is 0.367. The van der Waals surface area contributed by atoms with Crippen molar-refractivity contribution in [3.8, 4) is 11.1 Å². The third-order valence-electron chi connectivity index (χ3n) is 4.00. The number of thiophene rings is 1. The van der Waals surface area contributed by atoms with Crippen LogP contribution in [0.2, 0.25) is 0 Å². The zero-order chi connectivity index (χ0) is 18.1. The van der Waals surface area contributed by atoms with Crippen molar-refractivity contribution in [3.05, 3.63) is 53.0 Å². The first-order valence-corrected chi connectivity index (χ1v) is 9.79. The van der Waals surface area contributed by atoms with Crippen molar-refractivity contribution in [1.82, 2.24) is 15.0 Å². The molecule has 0 spiro atoms. The van der Waals surface area contributed by atoms with E-state index in [4.69, 9.17) is 14.1 Å². The van der Waals surface area contributed by atoms with Crippen LogP contribution < -0.4 is 0 Å². The van der Waals surface area contributed by atoms with Gasteiger partial charge in [-0.25, -0.2) is 15.0 Å². The fourth-order valence-electron chi connectivity index (χ4n) is 2.62. The molecule has 0 bridgehead atoms. The highest BCUT2D eigenvalue weighted by Crippen LogP contribution is 2.40. The van der Waals surface area contributed by atoms with Gasteiger partial charge in [0.25, 0.3) is 5.22 Å². The van der Waals surface area contributed by atoms with Crippen LogP contribution in [0.5, 0.6) is 0 Å². The number of oxazole rings is 1. The maximum absolute atomic E-state index is 5.75. The molecule has 0 aliphatic rings. The van der Waals surface area contributed by atoms with Crippen molar-refractivity contribution < 1.29 is 9.15 Å². The number of hydrogen-bond acceptors (Lipinski definition) is 7. The molecule has 0 amide bonds. The maximum Gasteiger partial charge on any atom is 0.262 e. The lowest BCUT2D eigenvalue weighted by Crippen LogP contribution is -1.98. The number of ether oxygens (including phenoxy) is 1. The van der Waals surface area contributed by atoms with E-state index in [1.165, 1.54) is 11.8 Å². The molecule has 132 valence electrons. The van der Waals surface area contributed by atoms with E-state index in [2.05, 4.69) is 27.5 Å². The van der Waals surface area contributed by atoms with Gasteiger partial charge in [-0.15, -0.1) is 11.3 Å². The molecule has 5 nitrogen and oxygen atoms in total. The van der Waals surface area contributed by atoms with Crippen molar-refractivity contribution in [2.45, 2.75) is 30.7 Å². The summed E-state index contributed by atoms with van der Waals surface area (Å²) in [5.41, 5.74) is 3.16. The van der Waals surface area contributed by atoms with Crippen molar-refractivity contribution >= 4 is 33.3 Å². The van der Waals surface area contributed by atoms with E-state index in [1.54, 1.807) is 18.4 Å². The van der Waals surface area contributed by atoms with E-state index in [1.807, 2.05) is 32.0 Å².